The van der Waals surface area contributed by atoms with E-state index in [2.05, 4.69) is 16.3 Å². The summed E-state index contributed by atoms with van der Waals surface area (Å²) >= 11 is 7.78. The van der Waals surface area contributed by atoms with Crippen LogP contribution in [-0.2, 0) is 4.79 Å². The van der Waals surface area contributed by atoms with Crippen molar-refractivity contribution in [1.29, 1.82) is 0 Å². The summed E-state index contributed by atoms with van der Waals surface area (Å²) in [6.45, 7) is 1.34. The van der Waals surface area contributed by atoms with Crippen molar-refractivity contribution < 1.29 is 4.79 Å². The normalized spacial score (nSPS) is 17.8. The fourth-order valence-electron chi connectivity index (χ4n) is 3.19. The second kappa shape index (κ2) is 8.06. The van der Waals surface area contributed by atoms with Gasteiger partial charge in [0.05, 0.1) is 6.54 Å². The van der Waals surface area contributed by atoms with Crippen molar-refractivity contribution in [3.63, 3.8) is 0 Å². The molecule has 3 rings (SSSR count). The fourth-order valence-corrected chi connectivity index (χ4v) is 3.85. The minimum atomic E-state index is 0.0298. The summed E-state index contributed by atoms with van der Waals surface area (Å²) in [6.07, 6.45) is 4.20. The van der Waals surface area contributed by atoms with Crippen molar-refractivity contribution in [3.8, 4) is 0 Å². The Morgan fingerprint density at radius 3 is 2.92 bits per heavy atom. The molecule has 1 fully saturated rings. The first-order chi connectivity index (χ1) is 11.7. The van der Waals surface area contributed by atoms with Crippen LogP contribution >= 0.6 is 23.4 Å². The molecule has 3 nitrogen and oxygen atoms in total. The Balaban J connectivity index is 1.64. The minimum Gasteiger partial charge on any atom is -0.325 e. The molecule has 24 heavy (non-hydrogen) atoms. The first kappa shape index (κ1) is 17.3. The number of likely N-dealkylation sites (tertiary alicyclic amines) is 1. The van der Waals surface area contributed by atoms with E-state index in [1.165, 1.54) is 5.56 Å². The number of anilines is 1. The lowest BCUT2D eigenvalue weighted by Crippen LogP contribution is -2.32. The van der Waals surface area contributed by atoms with E-state index in [0.29, 0.717) is 6.54 Å². The molecular formula is C19H21ClN2OS. The zero-order valence-corrected chi connectivity index (χ0v) is 15.2. The van der Waals surface area contributed by atoms with Crippen molar-refractivity contribution in [2.45, 2.75) is 23.8 Å². The van der Waals surface area contributed by atoms with Crippen LogP contribution in [0.1, 0.15) is 24.4 Å². The van der Waals surface area contributed by atoms with E-state index in [1.807, 2.05) is 48.7 Å². The highest BCUT2D eigenvalue weighted by Gasteiger charge is 2.27. The molecule has 1 aliphatic rings. The van der Waals surface area contributed by atoms with Crippen molar-refractivity contribution in [2.75, 3.05) is 24.7 Å². The number of hydrogen-bond donors (Lipinski definition) is 1. The lowest BCUT2D eigenvalue weighted by molar-refractivity contribution is -0.117. The molecule has 1 N–H and O–H groups in total. The number of hydrogen-bond acceptors (Lipinski definition) is 3. The second-order valence-corrected chi connectivity index (χ2v) is 7.28. The van der Waals surface area contributed by atoms with E-state index < -0.39 is 0 Å². The fraction of sp³-hybridized carbons (Fsp3) is 0.316. The molecule has 1 atom stereocenters. The molecule has 0 bridgehead atoms. The standard InChI is InChI=1S/C19H21ClN2OS/c1-24-17-8-3-7-16(12-17)21-19(23)13-22-10-4-9-18(22)14-5-2-6-15(20)11-14/h2-3,5-8,11-12,18H,4,9-10,13H2,1H3,(H,21,23). The maximum Gasteiger partial charge on any atom is 0.238 e. The van der Waals surface area contributed by atoms with Gasteiger partial charge in [0.15, 0.2) is 0 Å². The minimum absolute atomic E-state index is 0.0298. The highest BCUT2D eigenvalue weighted by Crippen LogP contribution is 2.32. The van der Waals surface area contributed by atoms with Gasteiger partial charge in [0, 0.05) is 21.6 Å². The van der Waals surface area contributed by atoms with E-state index in [4.69, 9.17) is 11.6 Å². The number of thioether (sulfide) groups is 1. The Morgan fingerprint density at radius 2 is 2.12 bits per heavy atom. The number of carbonyl (C=O) groups excluding carboxylic acids is 1. The Kier molecular flexibility index (Phi) is 5.82. The summed E-state index contributed by atoms with van der Waals surface area (Å²) in [6, 6.07) is 16.2. The van der Waals surface area contributed by atoms with E-state index in [1.54, 1.807) is 11.8 Å². The summed E-state index contributed by atoms with van der Waals surface area (Å²) in [5, 5.41) is 3.75. The van der Waals surface area contributed by atoms with Crippen molar-refractivity contribution in [1.82, 2.24) is 4.90 Å². The van der Waals surface area contributed by atoms with E-state index in [0.717, 1.165) is 35.0 Å². The smallest absolute Gasteiger partial charge is 0.238 e. The number of nitrogens with one attached hydrogen (secondary N) is 1. The molecule has 1 heterocycles. The molecule has 0 saturated carbocycles. The van der Waals surface area contributed by atoms with Crippen molar-refractivity contribution in [2.24, 2.45) is 0 Å². The Bertz CT molecular complexity index is 722. The molecule has 1 amide bonds. The average molecular weight is 361 g/mol. The van der Waals surface area contributed by atoms with Crippen LogP contribution in [-0.4, -0.2) is 30.2 Å². The first-order valence-corrected chi connectivity index (χ1v) is 9.69. The molecule has 1 saturated heterocycles. The predicted octanol–water partition coefficient (Wildman–Crippen LogP) is 4.84. The van der Waals surface area contributed by atoms with Crippen LogP contribution in [0.2, 0.25) is 5.02 Å². The molecule has 0 radical (unpaired) electrons. The van der Waals surface area contributed by atoms with Crippen LogP contribution < -0.4 is 5.32 Å². The van der Waals surface area contributed by atoms with Gasteiger partial charge in [0.1, 0.15) is 0 Å². The number of benzene rings is 2. The first-order valence-electron chi connectivity index (χ1n) is 8.09. The monoisotopic (exact) mass is 360 g/mol. The van der Waals surface area contributed by atoms with Crippen molar-refractivity contribution in [3.05, 3.63) is 59.1 Å². The molecule has 2 aromatic carbocycles. The van der Waals surface area contributed by atoms with Gasteiger partial charge in [0.2, 0.25) is 5.91 Å². The van der Waals surface area contributed by atoms with Crippen LogP contribution in [0.4, 0.5) is 5.69 Å². The third-order valence-corrected chi connectivity index (χ3v) is 5.26. The Labute approximate surface area is 152 Å². The van der Waals surface area contributed by atoms with Gasteiger partial charge in [-0.2, -0.15) is 0 Å². The van der Waals surface area contributed by atoms with Gasteiger partial charge >= 0.3 is 0 Å². The maximum absolute atomic E-state index is 12.4. The lowest BCUT2D eigenvalue weighted by atomic mass is 10.0. The highest BCUT2D eigenvalue weighted by atomic mass is 35.5. The van der Waals surface area contributed by atoms with E-state index >= 15 is 0 Å². The molecule has 5 heteroatoms. The SMILES string of the molecule is CSc1cccc(NC(=O)CN2CCCC2c2cccc(Cl)c2)c1. The molecule has 0 aromatic heterocycles. The molecule has 1 unspecified atom stereocenters. The highest BCUT2D eigenvalue weighted by molar-refractivity contribution is 7.98. The molecular weight excluding hydrogens is 340 g/mol. The van der Waals surface area contributed by atoms with Gasteiger partial charge in [-0.15, -0.1) is 11.8 Å². The van der Waals surface area contributed by atoms with Gasteiger partial charge in [-0.25, -0.2) is 0 Å². The zero-order valence-electron chi connectivity index (χ0n) is 13.7. The van der Waals surface area contributed by atoms with Crippen LogP contribution in [0.25, 0.3) is 0 Å². The molecule has 126 valence electrons. The number of halogens is 1. The van der Waals surface area contributed by atoms with Crippen LogP contribution in [0.5, 0.6) is 0 Å². The molecule has 0 aliphatic carbocycles. The molecule has 1 aliphatic heterocycles. The third kappa shape index (κ3) is 4.32. The topological polar surface area (TPSA) is 32.3 Å². The van der Waals surface area contributed by atoms with Gasteiger partial charge < -0.3 is 5.32 Å². The molecule has 2 aromatic rings. The largest absolute Gasteiger partial charge is 0.325 e. The summed E-state index contributed by atoms with van der Waals surface area (Å²) in [5.41, 5.74) is 2.04. The summed E-state index contributed by atoms with van der Waals surface area (Å²) in [5.74, 6) is 0.0298. The van der Waals surface area contributed by atoms with Crippen LogP contribution in [0, 0.1) is 0 Å². The number of carbonyl (C=O) groups is 1. The number of amides is 1. The summed E-state index contributed by atoms with van der Waals surface area (Å²) < 4.78 is 0. The van der Waals surface area contributed by atoms with Gasteiger partial charge in [-0.05, 0) is 61.5 Å². The summed E-state index contributed by atoms with van der Waals surface area (Å²) in [4.78, 5) is 15.8. The average Bonchev–Trinajstić information content (AvgIpc) is 3.03. The van der Waals surface area contributed by atoms with Crippen LogP contribution in [0.3, 0.4) is 0 Å². The van der Waals surface area contributed by atoms with Crippen LogP contribution in [0.15, 0.2) is 53.4 Å². The number of rotatable bonds is 5. The third-order valence-electron chi connectivity index (χ3n) is 4.30. The van der Waals surface area contributed by atoms with Gasteiger partial charge in [-0.3, -0.25) is 9.69 Å². The predicted molar refractivity (Wildman–Crippen MR) is 102 cm³/mol. The summed E-state index contributed by atoms with van der Waals surface area (Å²) in [7, 11) is 0. The Hall–Kier alpha value is -1.49. The lowest BCUT2D eigenvalue weighted by Gasteiger charge is -2.24. The Morgan fingerprint density at radius 1 is 1.29 bits per heavy atom. The molecule has 0 spiro atoms. The quantitative estimate of drug-likeness (QED) is 0.774. The van der Waals surface area contributed by atoms with Gasteiger partial charge in [-0.1, -0.05) is 29.8 Å². The zero-order chi connectivity index (χ0) is 16.9. The number of nitrogens with zero attached hydrogens (tertiary/aromatic N) is 1. The maximum atomic E-state index is 12.4. The van der Waals surface area contributed by atoms with Crippen molar-refractivity contribution >= 4 is 35.0 Å². The van der Waals surface area contributed by atoms with Gasteiger partial charge in [0.25, 0.3) is 0 Å². The van der Waals surface area contributed by atoms with E-state index in [-0.39, 0.29) is 11.9 Å². The second-order valence-electron chi connectivity index (χ2n) is 5.96. The van der Waals surface area contributed by atoms with E-state index in [9.17, 15) is 4.79 Å².